The summed E-state index contributed by atoms with van der Waals surface area (Å²) in [7, 11) is 0. The highest BCUT2D eigenvalue weighted by molar-refractivity contribution is 7.16. The van der Waals surface area contributed by atoms with E-state index in [1.807, 2.05) is 0 Å². The summed E-state index contributed by atoms with van der Waals surface area (Å²) in [5.74, 6) is 0.725. The molecule has 0 saturated carbocycles. The molecule has 0 bridgehead atoms. The standard InChI is InChI=1S/C10H12N2S/c1-3-11-5-7(1)9-6-12-10-8(9)2-4-13-10/h2,4,6-7,11-12H,1,3,5H2. The first-order valence-electron chi connectivity index (χ1n) is 4.70. The maximum Gasteiger partial charge on any atom is 0.0999 e. The second kappa shape index (κ2) is 2.86. The molecular weight excluding hydrogens is 180 g/mol. The Morgan fingerprint density at radius 2 is 2.46 bits per heavy atom. The smallest absolute Gasteiger partial charge is 0.0999 e. The summed E-state index contributed by atoms with van der Waals surface area (Å²) >= 11 is 1.79. The van der Waals surface area contributed by atoms with Gasteiger partial charge in [-0.3, -0.25) is 0 Å². The van der Waals surface area contributed by atoms with Gasteiger partial charge in [-0.1, -0.05) is 0 Å². The van der Waals surface area contributed by atoms with Crippen molar-refractivity contribution in [1.29, 1.82) is 0 Å². The first kappa shape index (κ1) is 7.59. The van der Waals surface area contributed by atoms with Crippen molar-refractivity contribution in [3.8, 4) is 0 Å². The van der Waals surface area contributed by atoms with Crippen LogP contribution in [0.2, 0.25) is 0 Å². The van der Waals surface area contributed by atoms with Gasteiger partial charge in [0, 0.05) is 18.1 Å². The third kappa shape index (κ3) is 1.11. The second-order valence-corrected chi connectivity index (χ2v) is 4.51. The van der Waals surface area contributed by atoms with Crippen LogP contribution < -0.4 is 5.32 Å². The summed E-state index contributed by atoms with van der Waals surface area (Å²) in [4.78, 5) is 4.66. The molecule has 0 radical (unpaired) electrons. The zero-order valence-electron chi connectivity index (χ0n) is 7.34. The van der Waals surface area contributed by atoms with Gasteiger partial charge in [0.15, 0.2) is 0 Å². The first-order valence-corrected chi connectivity index (χ1v) is 5.58. The molecule has 1 aliphatic heterocycles. The van der Waals surface area contributed by atoms with Crippen LogP contribution in [0.3, 0.4) is 0 Å². The van der Waals surface area contributed by atoms with Gasteiger partial charge < -0.3 is 10.3 Å². The minimum atomic E-state index is 0.725. The normalized spacial score (nSPS) is 22.9. The highest BCUT2D eigenvalue weighted by Gasteiger charge is 2.19. The Labute approximate surface area is 81.0 Å². The van der Waals surface area contributed by atoms with Crippen molar-refractivity contribution in [1.82, 2.24) is 10.3 Å². The van der Waals surface area contributed by atoms with E-state index in [4.69, 9.17) is 0 Å². The number of rotatable bonds is 1. The Morgan fingerprint density at radius 1 is 1.46 bits per heavy atom. The zero-order valence-corrected chi connectivity index (χ0v) is 8.16. The Morgan fingerprint density at radius 3 is 3.31 bits per heavy atom. The van der Waals surface area contributed by atoms with Gasteiger partial charge in [0.05, 0.1) is 4.83 Å². The molecule has 13 heavy (non-hydrogen) atoms. The van der Waals surface area contributed by atoms with Crippen molar-refractivity contribution in [2.45, 2.75) is 12.3 Å². The van der Waals surface area contributed by atoms with E-state index >= 15 is 0 Å². The van der Waals surface area contributed by atoms with Gasteiger partial charge in [-0.25, -0.2) is 0 Å². The number of aromatic nitrogens is 1. The van der Waals surface area contributed by atoms with Crippen molar-refractivity contribution in [3.63, 3.8) is 0 Å². The molecule has 1 atom stereocenters. The molecule has 2 aromatic heterocycles. The van der Waals surface area contributed by atoms with Crippen LogP contribution in [-0.4, -0.2) is 18.1 Å². The van der Waals surface area contributed by atoms with Crippen LogP contribution >= 0.6 is 11.3 Å². The van der Waals surface area contributed by atoms with E-state index in [-0.39, 0.29) is 0 Å². The molecule has 0 amide bonds. The molecule has 3 heterocycles. The van der Waals surface area contributed by atoms with Crippen LogP contribution in [0.15, 0.2) is 17.6 Å². The highest BCUT2D eigenvalue weighted by Crippen LogP contribution is 2.31. The number of nitrogens with one attached hydrogen (secondary N) is 2. The SMILES string of the molecule is c1cc2c(C3CCNC3)c[nH]c2s1. The van der Waals surface area contributed by atoms with Crippen molar-refractivity contribution < 1.29 is 0 Å². The summed E-state index contributed by atoms with van der Waals surface area (Å²) in [6, 6.07) is 2.23. The van der Waals surface area contributed by atoms with Crippen LogP contribution in [0.25, 0.3) is 10.2 Å². The molecular formula is C10H12N2S. The largest absolute Gasteiger partial charge is 0.353 e. The fraction of sp³-hybridized carbons (Fsp3) is 0.400. The van der Waals surface area contributed by atoms with Crippen molar-refractivity contribution >= 4 is 21.6 Å². The molecule has 68 valence electrons. The molecule has 3 heteroatoms. The van der Waals surface area contributed by atoms with Crippen LogP contribution in [0, 0.1) is 0 Å². The highest BCUT2D eigenvalue weighted by atomic mass is 32.1. The first-order chi connectivity index (χ1) is 6.45. The van der Waals surface area contributed by atoms with E-state index in [0.717, 1.165) is 12.5 Å². The molecule has 1 unspecified atom stereocenters. The molecule has 1 fully saturated rings. The predicted molar refractivity (Wildman–Crippen MR) is 56.4 cm³/mol. The van der Waals surface area contributed by atoms with E-state index in [9.17, 15) is 0 Å². The lowest BCUT2D eigenvalue weighted by molar-refractivity contribution is 0.770. The summed E-state index contributed by atoms with van der Waals surface area (Å²) in [6.45, 7) is 2.31. The summed E-state index contributed by atoms with van der Waals surface area (Å²) in [5.41, 5.74) is 1.50. The Balaban J connectivity index is 2.09. The second-order valence-electron chi connectivity index (χ2n) is 3.60. The fourth-order valence-electron chi connectivity index (χ4n) is 2.13. The average Bonchev–Trinajstić information content (AvgIpc) is 2.79. The third-order valence-electron chi connectivity index (χ3n) is 2.84. The lowest BCUT2D eigenvalue weighted by Gasteiger charge is -2.04. The van der Waals surface area contributed by atoms with Gasteiger partial charge in [-0.15, -0.1) is 11.3 Å². The molecule has 0 aliphatic carbocycles. The average molecular weight is 192 g/mol. The summed E-state index contributed by atoms with van der Waals surface area (Å²) < 4.78 is 0. The summed E-state index contributed by atoms with van der Waals surface area (Å²) in [6.07, 6.45) is 3.46. The number of H-pyrrole nitrogens is 1. The van der Waals surface area contributed by atoms with Crippen LogP contribution in [0.5, 0.6) is 0 Å². The van der Waals surface area contributed by atoms with E-state index in [1.165, 1.54) is 28.7 Å². The van der Waals surface area contributed by atoms with Gasteiger partial charge in [-0.05, 0) is 35.9 Å². The quantitative estimate of drug-likeness (QED) is 0.713. The Kier molecular flexibility index (Phi) is 1.67. The Hall–Kier alpha value is -0.800. The minimum absolute atomic E-state index is 0.725. The molecule has 3 rings (SSSR count). The molecule has 2 aromatic rings. The molecule has 0 spiro atoms. The van der Waals surface area contributed by atoms with E-state index in [1.54, 1.807) is 11.3 Å². The Bertz CT molecular complexity index is 409. The molecule has 2 nitrogen and oxygen atoms in total. The van der Waals surface area contributed by atoms with Crippen LogP contribution in [0.1, 0.15) is 17.9 Å². The van der Waals surface area contributed by atoms with E-state index in [2.05, 4.69) is 27.9 Å². The monoisotopic (exact) mass is 192 g/mol. The minimum Gasteiger partial charge on any atom is -0.353 e. The fourth-order valence-corrected chi connectivity index (χ4v) is 2.91. The third-order valence-corrected chi connectivity index (χ3v) is 3.68. The van der Waals surface area contributed by atoms with Gasteiger partial charge in [0.2, 0.25) is 0 Å². The maximum atomic E-state index is 3.41. The van der Waals surface area contributed by atoms with Crippen LogP contribution in [0.4, 0.5) is 0 Å². The lowest BCUT2D eigenvalue weighted by Crippen LogP contribution is -2.07. The van der Waals surface area contributed by atoms with Gasteiger partial charge in [0.1, 0.15) is 0 Å². The van der Waals surface area contributed by atoms with Crippen LogP contribution in [-0.2, 0) is 0 Å². The lowest BCUT2D eigenvalue weighted by atomic mass is 9.99. The van der Waals surface area contributed by atoms with Crippen molar-refractivity contribution in [2.75, 3.05) is 13.1 Å². The zero-order chi connectivity index (χ0) is 8.67. The van der Waals surface area contributed by atoms with E-state index < -0.39 is 0 Å². The van der Waals surface area contributed by atoms with E-state index in [0.29, 0.717) is 0 Å². The number of aromatic amines is 1. The van der Waals surface area contributed by atoms with Gasteiger partial charge in [-0.2, -0.15) is 0 Å². The van der Waals surface area contributed by atoms with Gasteiger partial charge >= 0.3 is 0 Å². The molecule has 1 saturated heterocycles. The molecule has 0 aromatic carbocycles. The van der Waals surface area contributed by atoms with Gasteiger partial charge in [0.25, 0.3) is 0 Å². The van der Waals surface area contributed by atoms with Crippen molar-refractivity contribution in [3.05, 3.63) is 23.2 Å². The number of fused-ring (bicyclic) bond motifs is 1. The number of thiophene rings is 1. The number of hydrogen-bond donors (Lipinski definition) is 2. The maximum absolute atomic E-state index is 3.41. The molecule has 2 N–H and O–H groups in total. The topological polar surface area (TPSA) is 27.8 Å². The predicted octanol–water partition coefficient (Wildman–Crippen LogP) is 2.31. The molecule has 1 aliphatic rings. The van der Waals surface area contributed by atoms with Crippen molar-refractivity contribution in [2.24, 2.45) is 0 Å². The summed E-state index contributed by atoms with van der Waals surface area (Å²) in [5, 5.41) is 7.00. The number of hydrogen-bond acceptors (Lipinski definition) is 2.